The van der Waals surface area contributed by atoms with Crippen LogP contribution < -0.4 is 0 Å². The molecule has 2 aromatic heterocycles. The molecule has 0 aliphatic carbocycles. The Labute approximate surface area is 152 Å². The van der Waals surface area contributed by atoms with E-state index in [4.69, 9.17) is 0 Å². The first-order valence-corrected chi connectivity index (χ1v) is 9.28. The van der Waals surface area contributed by atoms with Gasteiger partial charge in [-0.1, -0.05) is 13.0 Å². The van der Waals surface area contributed by atoms with Crippen LogP contribution in [-0.4, -0.2) is 43.6 Å². The molecule has 3 aromatic rings. The molecule has 26 heavy (non-hydrogen) atoms. The van der Waals surface area contributed by atoms with E-state index in [1.807, 2.05) is 35.2 Å². The molecule has 3 heterocycles. The number of amides is 1. The molecular formula is C20H23N5O. The van der Waals surface area contributed by atoms with Crippen molar-refractivity contribution >= 4 is 16.8 Å². The number of rotatable bonds is 4. The molecule has 6 heteroatoms. The van der Waals surface area contributed by atoms with Gasteiger partial charge in [-0.3, -0.25) is 9.78 Å². The van der Waals surface area contributed by atoms with Gasteiger partial charge in [-0.15, -0.1) is 10.2 Å². The van der Waals surface area contributed by atoms with E-state index in [-0.39, 0.29) is 11.8 Å². The molecule has 1 amide bonds. The third-order valence-corrected chi connectivity index (χ3v) is 5.03. The summed E-state index contributed by atoms with van der Waals surface area (Å²) in [5.74, 6) is 1.35. The Bertz CT molecular complexity index is 919. The van der Waals surface area contributed by atoms with Crippen molar-refractivity contribution in [3.63, 3.8) is 0 Å². The predicted octanol–water partition coefficient (Wildman–Crippen LogP) is 3.26. The number of fused-ring (bicyclic) bond motifs is 1. The molecule has 1 atom stereocenters. The fourth-order valence-corrected chi connectivity index (χ4v) is 3.76. The van der Waals surface area contributed by atoms with Crippen LogP contribution in [0.5, 0.6) is 0 Å². The summed E-state index contributed by atoms with van der Waals surface area (Å²) in [6.07, 6.45) is 6.66. The molecule has 0 bridgehead atoms. The topological polar surface area (TPSA) is 63.9 Å². The van der Waals surface area contributed by atoms with E-state index in [9.17, 15) is 4.79 Å². The number of nitrogens with zero attached hydrogens (tertiary/aromatic N) is 5. The molecule has 6 nitrogen and oxygen atoms in total. The predicted molar refractivity (Wildman–Crippen MR) is 99.9 cm³/mol. The number of aryl methyl sites for hydroxylation is 1. The zero-order valence-corrected chi connectivity index (χ0v) is 15.0. The first-order chi connectivity index (χ1) is 12.8. The van der Waals surface area contributed by atoms with Gasteiger partial charge in [0, 0.05) is 42.7 Å². The number of aromatic nitrogens is 4. The maximum atomic E-state index is 13.0. The molecule has 0 spiro atoms. The average Bonchev–Trinajstić information content (AvgIpc) is 3.16. The lowest BCUT2D eigenvalue weighted by molar-refractivity contribution is 0.0703. The molecule has 0 unspecified atom stereocenters. The lowest BCUT2D eigenvalue weighted by Crippen LogP contribution is -2.39. The summed E-state index contributed by atoms with van der Waals surface area (Å²) in [7, 11) is 0. The minimum absolute atomic E-state index is 0.0852. The molecule has 1 aromatic carbocycles. The van der Waals surface area contributed by atoms with E-state index in [0.29, 0.717) is 6.54 Å². The highest BCUT2D eigenvalue weighted by Crippen LogP contribution is 2.27. The first-order valence-electron chi connectivity index (χ1n) is 9.28. The summed E-state index contributed by atoms with van der Waals surface area (Å²) in [6, 6.07) is 9.62. The van der Waals surface area contributed by atoms with Crippen molar-refractivity contribution in [2.45, 2.75) is 38.6 Å². The van der Waals surface area contributed by atoms with Crippen molar-refractivity contribution in [3.8, 4) is 0 Å². The van der Waals surface area contributed by atoms with E-state index in [2.05, 4.69) is 26.7 Å². The first kappa shape index (κ1) is 16.7. The van der Waals surface area contributed by atoms with E-state index >= 15 is 0 Å². The normalized spacial score (nSPS) is 17.6. The summed E-state index contributed by atoms with van der Waals surface area (Å²) >= 11 is 0. The Morgan fingerprint density at radius 2 is 2.23 bits per heavy atom. The lowest BCUT2D eigenvalue weighted by Gasteiger charge is -2.32. The SMILES string of the molecule is CCCn1cnnc1[C@@H]1CCCN(C(=O)c2ccc3ncccc3c2)C1. The number of carbonyl (C=O) groups is 1. The Kier molecular flexibility index (Phi) is 4.65. The van der Waals surface area contributed by atoms with Crippen molar-refractivity contribution in [2.75, 3.05) is 13.1 Å². The number of piperidine rings is 1. The molecule has 1 saturated heterocycles. The largest absolute Gasteiger partial charge is 0.338 e. The highest BCUT2D eigenvalue weighted by Gasteiger charge is 2.28. The number of carbonyl (C=O) groups excluding carboxylic acids is 1. The van der Waals surface area contributed by atoms with Gasteiger partial charge >= 0.3 is 0 Å². The van der Waals surface area contributed by atoms with E-state index < -0.39 is 0 Å². The number of likely N-dealkylation sites (tertiary alicyclic amines) is 1. The van der Waals surface area contributed by atoms with E-state index in [1.54, 1.807) is 12.5 Å². The van der Waals surface area contributed by atoms with Crippen LogP contribution in [-0.2, 0) is 6.54 Å². The van der Waals surface area contributed by atoms with Crippen LogP contribution in [0.25, 0.3) is 10.9 Å². The molecule has 1 aliphatic rings. The van der Waals surface area contributed by atoms with Crippen LogP contribution >= 0.6 is 0 Å². The quantitative estimate of drug-likeness (QED) is 0.725. The van der Waals surface area contributed by atoms with Crippen LogP contribution in [0.3, 0.4) is 0 Å². The van der Waals surface area contributed by atoms with Crippen LogP contribution in [0.1, 0.15) is 48.3 Å². The Morgan fingerprint density at radius 3 is 3.12 bits per heavy atom. The Morgan fingerprint density at radius 1 is 1.31 bits per heavy atom. The standard InChI is InChI=1S/C20H23N5O/c1-2-10-25-14-22-23-19(25)17-6-4-11-24(13-17)20(26)16-7-8-18-15(12-16)5-3-9-21-18/h3,5,7-9,12,14,17H,2,4,6,10-11,13H2,1H3/t17-/m1/s1. The second-order valence-electron chi connectivity index (χ2n) is 6.88. The number of hydrogen-bond donors (Lipinski definition) is 0. The zero-order chi connectivity index (χ0) is 17.9. The van der Waals surface area contributed by atoms with Crippen molar-refractivity contribution in [3.05, 3.63) is 54.2 Å². The second-order valence-corrected chi connectivity index (χ2v) is 6.88. The lowest BCUT2D eigenvalue weighted by atomic mass is 9.96. The zero-order valence-electron chi connectivity index (χ0n) is 15.0. The number of hydrogen-bond acceptors (Lipinski definition) is 4. The van der Waals surface area contributed by atoms with Gasteiger partial charge in [0.15, 0.2) is 0 Å². The van der Waals surface area contributed by atoms with E-state index in [1.165, 1.54) is 0 Å². The second kappa shape index (κ2) is 7.23. The number of pyridine rings is 1. The third kappa shape index (κ3) is 3.19. The smallest absolute Gasteiger partial charge is 0.253 e. The summed E-state index contributed by atoms with van der Waals surface area (Å²) in [4.78, 5) is 19.3. The summed E-state index contributed by atoms with van der Waals surface area (Å²) in [6.45, 7) is 4.56. The van der Waals surface area contributed by atoms with Crippen LogP contribution in [0.4, 0.5) is 0 Å². The average molecular weight is 349 g/mol. The molecule has 4 rings (SSSR count). The molecule has 0 radical (unpaired) electrons. The van der Waals surface area contributed by atoms with E-state index in [0.717, 1.165) is 54.6 Å². The van der Waals surface area contributed by atoms with Crippen molar-refractivity contribution in [2.24, 2.45) is 0 Å². The summed E-state index contributed by atoms with van der Waals surface area (Å²) < 4.78 is 2.13. The minimum atomic E-state index is 0.0852. The maximum Gasteiger partial charge on any atom is 0.253 e. The maximum absolute atomic E-state index is 13.0. The van der Waals surface area contributed by atoms with Gasteiger partial charge in [0.1, 0.15) is 12.2 Å². The fraction of sp³-hybridized carbons (Fsp3) is 0.400. The molecule has 1 aliphatic heterocycles. The Balaban J connectivity index is 1.54. The molecule has 0 saturated carbocycles. The van der Waals surface area contributed by atoms with Gasteiger partial charge < -0.3 is 9.47 Å². The van der Waals surface area contributed by atoms with Gasteiger partial charge in [-0.05, 0) is 43.5 Å². The number of benzene rings is 1. The molecule has 134 valence electrons. The van der Waals surface area contributed by atoms with Crippen molar-refractivity contribution in [1.82, 2.24) is 24.6 Å². The van der Waals surface area contributed by atoms with Crippen LogP contribution in [0.2, 0.25) is 0 Å². The minimum Gasteiger partial charge on any atom is -0.338 e. The van der Waals surface area contributed by atoms with Gasteiger partial charge in [-0.2, -0.15) is 0 Å². The van der Waals surface area contributed by atoms with Crippen LogP contribution in [0, 0.1) is 0 Å². The van der Waals surface area contributed by atoms with Gasteiger partial charge in [-0.25, -0.2) is 0 Å². The molecule has 0 N–H and O–H groups in total. The third-order valence-electron chi connectivity index (χ3n) is 5.03. The van der Waals surface area contributed by atoms with Gasteiger partial charge in [0.2, 0.25) is 0 Å². The summed E-state index contributed by atoms with van der Waals surface area (Å²) in [5, 5.41) is 9.41. The van der Waals surface area contributed by atoms with Crippen molar-refractivity contribution < 1.29 is 4.79 Å². The fourth-order valence-electron chi connectivity index (χ4n) is 3.76. The van der Waals surface area contributed by atoms with Crippen LogP contribution in [0.15, 0.2) is 42.9 Å². The molecule has 1 fully saturated rings. The Hall–Kier alpha value is -2.76. The van der Waals surface area contributed by atoms with Gasteiger partial charge in [0.25, 0.3) is 5.91 Å². The van der Waals surface area contributed by atoms with Crippen molar-refractivity contribution in [1.29, 1.82) is 0 Å². The highest BCUT2D eigenvalue weighted by molar-refractivity contribution is 5.98. The summed E-state index contributed by atoms with van der Waals surface area (Å²) in [5.41, 5.74) is 1.63. The molecular weight excluding hydrogens is 326 g/mol. The van der Waals surface area contributed by atoms with Gasteiger partial charge in [0.05, 0.1) is 5.52 Å². The highest BCUT2D eigenvalue weighted by atomic mass is 16.2. The monoisotopic (exact) mass is 349 g/mol.